The summed E-state index contributed by atoms with van der Waals surface area (Å²) in [5.41, 5.74) is 3.77. The highest BCUT2D eigenvalue weighted by Gasteiger charge is 2.52. The predicted octanol–water partition coefficient (Wildman–Crippen LogP) is 3.59. The number of rotatable bonds is 7. The molecule has 0 radical (unpaired) electrons. The van der Waals surface area contributed by atoms with Gasteiger partial charge in [-0.25, -0.2) is 9.29 Å². The minimum Gasteiger partial charge on any atom is -0.467 e. The smallest absolute Gasteiger partial charge is 0.467 e. The minimum atomic E-state index is -5.68. The molecule has 0 fully saturated rings. The summed E-state index contributed by atoms with van der Waals surface area (Å²) >= 11 is 6.15. The molecular weight excluding hydrogens is 575 g/mol. The number of ether oxygens (including phenoxy) is 1. The quantitative estimate of drug-likeness (QED) is 0.424. The van der Waals surface area contributed by atoms with E-state index in [0.29, 0.717) is 46.0 Å². The van der Waals surface area contributed by atoms with Crippen molar-refractivity contribution < 1.29 is 31.1 Å². The molecule has 0 saturated carbocycles. The van der Waals surface area contributed by atoms with Gasteiger partial charge in [0.1, 0.15) is 11.3 Å². The van der Waals surface area contributed by atoms with Crippen molar-refractivity contribution in [2.45, 2.75) is 25.4 Å². The van der Waals surface area contributed by atoms with E-state index in [2.05, 4.69) is 22.0 Å². The first-order valence-corrected chi connectivity index (χ1v) is 13.6. The molecule has 40 heavy (non-hydrogen) atoms. The predicted molar refractivity (Wildman–Crippen MR) is 145 cm³/mol. The van der Waals surface area contributed by atoms with Crippen molar-refractivity contribution in [2.24, 2.45) is 5.10 Å². The molecule has 2 aromatic heterocycles. The Labute approximate surface area is 232 Å². The zero-order chi connectivity index (χ0) is 29.4. The number of imidazole rings is 1. The Morgan fingerprint density at radius 3 is 2.65 bits per heavy atom. The number of aromatic nitrogens is 2. The maximum Gasteiger partial charge on any atom is 0.516 e. The van der Waals surface area contributed by atoms with Crippen molar-refractivity contribution >= 4 is 56.7 Å². The molecule has 3 N–H and O–H groups in total. The maximum atomic E-state index is 13.1. The number of amidine groups is 1. The van der Waals surface area contributed by atoms with Crippen molar-refractivity contribution in [3.63, 3.8) is 0 Å². The summed E-state index contributed by atoms with van der Waals surface area (Å²) in [4.78, 5) is 17.6. The Morgan fingerprint density at radius 1 is 1.30 bits per heavy atom. The van der Waals surface area contributed by atoms with Crippen LogP contribution in [0.5, 0.6) is 0 Å². The standard InChI is InChI=1S/C24H25ClF3N7O4S/c1-4-15-10-14(12-30-22(36)21-18(5-2)31-20-11-17(29)16(25)13-33(20)21)6-7-19(15)34-8-9-35(23(32-34)39-3)40(37,38)24(26,27)28/h4,6-7,10-11,13H,1,5,8-9,12,29H2,2-3H3,(H,30,36). The number of hydrogen-bond acceptors (Lipinski definition) is 8. The van der Waals surface area contributed by atoms with E-state index in [1.807, 2.05) is 6.92 Å². The average Bonchev–Trinajstić information content (AvgIpc) is 3.27. The van der Waals surface area contributed by atoms with Crippen LogP contribution in [0.25, 0.3) is 11.7 Å². The summed E-state index contributed by atoms with van der Waals surface area (Å²) in [5.74, 6) is -0.384. The lowest BCUT2D eigenvalue weighted by molar-refractivity contribution is -0.0477. The molecule has 3 heterocycles. The van der Waals surface area contributed by atoms with Gasteiger partial charge in [-0.3, -0.25) is 14.2 Å². The molecule has 214 valence electrons. The first-order chi connectivity index (χ1) is 18.8. The molecule has 3 aromatic rings. The number of nitrogens with two attached hydrogens (primary N) is 1. The Bertz CT molecular complexity index is 1620. The number of nitrogen functional groups attached to an aromatic ring is 1. The first kappa shape index (κ1) is 29.0. The van der Waals surface area contributed by atoms with Crippen LogP contribution in [0.1, 0.15) is 34.2 Å². The van der Waals surface area contributed by atoms with Gasteiger partial charge in [0.2, 0.25) is 0 Å². The van der Waals surface area contributed by atoms with Gasteiger partial charge in [0, 0.05) is 18.8 Å². The highest BCUT2D eigenvalue weighted by atomic mass is 35.5. The lowest BCUT2D eigenvalue weighted by atomic mass is 10.1. The van der Waals surface area contributed by atoms with E-state index in [1.165, 1.54) is 17.3 Å². The van der Waals surface area contributed by atoms with Crippen molar-refractivity contribution in [2.75, 3.05) is 30.9 Å². The molecule has 0 unspecified atom stereocenters. The maximum absolute atomic E-state index is 13.1. The Balaban J connectivity index is 1.56. The van der Waals surface area contributed by atoms with E-state index in [-0.39, 0.29) is 28.3 Å². The van der Waals surface area contributed by atoms with Crippen LogP contribution in [0.2, 0.25) is 5.02 Å². The number of benzene rings is 1. The molecule has 0 spiro atoms. The number of sulfonamides is 1. The van der Waals surface area contributed by atoms with Crippen molar-refractivity contribution in [1.29, 1.82) is 0 Å². The molecule has 0 saturated heterocycles. The minimum absolute atomic E-state index is 0.0766. The molecule has 1 aliphatic rings. The second kappa shape index (κ2) is 10.9. The fraction of sp³-hybridized carbons (Fsp3) is 0.292. The van der Waals surface area contributed by atoms with Gasteiger partial charge in [-0.2, -0.15) is 21.6 Å². The summed E-state index contributed by atoms with van der Waals surface area (Å²) in [7, 11) is -4.65. The van der Waals surface area contributed by atoms with E-state index < -0.39 is 28.1 Å². The Kier molecular flexibility index (Phi) is 7.90. The molecule has 0 bridgehead atoms. The summed E-state index contributed by atoms with van der Waals surface area (Å²) in [6, 6.07) is 5.91. The number of alkyl halides is 3. The highest BCUT2D eigenvalue weighted by molar-refractivity contribution is 7.90. The number of carbonyl (C=O) groups is 1. The number of hydrazone groups is 1. The lowest BCUT2D eigenvalue weighted by Gasteiger charge is -2.33. The number of amides is 1. The third kappa shape index (κ3) is 5.25. The largest absolute Gasteiger partial charge is 0.516 e. The summed E-state index contributed by atoms with van der Waals surface area (Å²) in [5, 5.41) is 8.43. The van der Waals surface area contributed by atoms with Gasteiger partial charge >= 0.3 is 21.6 Å². The van der Waals surface area contributed by atoms with Gasteiger partial charge in [-0.05, 0) is 29.7 Å². The normalized spacial score (nSPS) is 14.3. The highest BCUT2D eigenvalue weighted by Crippen LogP contribution is 2.31. The molecule has 4 rings (SSSR count). The number of carbonyl (C=O) groups excluding carboxylic acids is 1. The Morgan fingerprint density at radius 2 is 2.02 bits per heavy atom. The van der Waals surface area contributed by atoms with Crippen LogP contribution >= 0.6 is 11.6 Å². The molecule has 0 atom stereocenters. The van der Waals surface area contributed by atoms with E-state index in [1.54, 1.807) is 28.7 Å². The van der Waals surface area contributed by atoms with Crippen LogP contribution in [0.4, 0.5) is 24.5 Å². The SMILES string of the molecule is C=Cc1cc(CNC(=O)c2c(CC)nc3cc(N)c(Cl)cn23)ccc1N1CCN(S(=O)(=O)C(F)(F)F)C(OC)=N1. The molecule has 0 aliphatic carbocycles. The molecule has 1 amide bonds. The first-order valence-electron chi connectivity index (χ1n) is 11.8. The zero-order valence-corrected chi connectivity index (χ0v) is 22.9. The number of fused-ring (bicyclic) bond motifs is 1. The molecule has 1 aliphatic heterocycles. The Hall–Kier alpha value is -3.98. The van der Waals surface area contributed by atoms with Crippen LogP contribution in [0.3, 0.4) is 0 Å². The number of anilines is 2. The number of pyridine rings is 1. The van der Waals surface area contributed by atoms with Crippen LogP contribution in [-0.4, -0.2) is 59.7 Å². The number of aryl methyl sites for hydroxylation is 1. The summed E-state index contributed by atoms with van der Waals surface area (Å²) in [6.07, 6.45) is 3.54. The van der Waals surface area contributed by atoms with Crippen LogP contribution in [0, 0.1) is 0 Å². The van der Waals surface area contributed by atoms with E-state index in [9.17, 15) is 26.4 Å². The zero-order valence-electron chi connectivity index (χ0n) is 21.4. The van der Waals surface area contributed by atoms with Crippen LogP contribution in [-0.2, 0) is 27.7 Å². The third-order valence-corrected chi connectivity index (χ3v) is 7.93. The monoisotopic (exact) mass is 599 g/mol. The average molecular weight is 600 g/mol. The second-order valence-electron chi connectivity index (χ2n) is 8.58. The number of methoxy groups -OCH3 is 1. The van der Waals surface area contributed by atoms with E-state index in [4.69, 9.17) is 22.1 Å². The topological polar surface area (TPSA) is 135 Å². The van der Waals surface area contributed by atoms with Crippen molar-refractivity contribution in [3.8, 4) is 0 Å². The van der Waals surface area contributed by atoms with Gasteiger partial charge in [0.15, 0.2) is 0 Å². The van der Waals surface area contributed by atoms with Crippen molar-refractivity contribution in [1.82, 2.24) is 19.0 Å². The fourth-order valence-corrected chi connectivity index (χ4v) is 5.18. The fourth-order valence-electron chi connectivity index (χ4n) is 4.14. The molecule has 11 nitrogen and oxygen atoms in total. The number of nitrogens with one attached hydrogen (secondary N) is 1. The van der Waals surface area contributed by atoms with Crippen LogP contribution in [0.15, 0.2) is 42.1 Å². The number of hydrogen-bond donors (Lipinski definition) is 2. The second-order valence-corrected chi connectivity index (χ2v) is 10.8. The molecular formula is C24H25ClF3N7O4S. The van der Waals surface area contributed by atoms with Gasteiger partial charge in [-0.15, -0.1) is 5.10 Å². The van der Waals surface area contributed by atoms with Gasteiger partial charge < -0.3 is 15.8 Å². The molecule has 16 heteroatoms. The van der Waals surface area contributed by atoms with Gasteiger partial charge in [0.25, 0.3) is 5.91 Å². The van der Waals surface area contributed by atoms with Crippen molar-refractivity contribution in [3.05, 3.63) is 64.6 Å². The third-order valence-electron chi connectivity index (χ3n) is 6.11. The summed E-state index contributed by atoms with van der Waals surface area (Å²) < 4.78 is 69.5. The van der Waals surface area contributed by atoms with Gasteiger partial charge in [-0.1, -0.05) is 37.2 Å². The van der Waals surface area contributed by atoms with E-state index in [0.717, 1.165) is 7.11 Å². The van der Waals surface area contributed by atoms with Crippen LogP contribution < -0.4 is 16.1 Å². The van der Waals surface area contributed by atoms with E-state index >= 15 is 0 Å². The van der Waals surface area contributed by atoms with Gasteiger partial charge in [0.05, 0.1) is 42.3 Å². The lowest BCUT2D eigenvalue weighted by Crippen LogP contribution is -2.51. The number of nitrogens with zero attached hydrogens (tertiary/aromatic N) is 5. The summed E-state index contributed by atoms with van der Waals surface area (Å²) in [6.45, 7) is 5.05. The molecule has 1 aromatic carbocycles. The number of halogens is 4.